The second-order valence-corrected chi connectivity index (χ2v) is 11.7. The van der Waals surface area contributed by atoms with Crippen LogP contribution in [0.25, 0.3) is 0 Å². The number of aryl methyl sites for hydroxylation is 1. The molecule has 0 nitrogen and oxygen atoms in total. The molecule has 0 aromatic heterocycles. The van der Waals surface area contributed by atoms with Crippen LogP contribution in [0.2, 0.25) is 0 Å². The van der Waals surface area contributed by atoms with Crippen LogP contribution in [0, 0.1) is 76.2 Å². The first-order chi connectivity index (χ1) is 13.9. The van der Waals surface area contributed by atoms with Gasteiger partial charge in [0.25, 0.3) is 0 Å². The van der Waals surface area contributed by atoms with Gasteiger partial charge in [0.15, 0.2) is 0 Å². The standard InChI is InChI=1S/2C10H15.C7H8.2ClH.Zr/c2*1-6-7(2)9(4)10(5)8(6)3;1-7-5-3-2-4-6-7;;;/h2*1-5H3;2-6H,1H3;2*1H;/q2*-1;;;;+4/p-2. The predicted octanol–water partition coefficient (Wildman–Crippen LogP) is 9.27. The van der Waals surface area contributed by atoms with E-state index in [-0.39, 0.29) is 0 Å². The summed E-state index contributed by atoms with van der Waals surface area (Å²) in [7, 11) is 9.87. The average Bonchev–Trinajstić information content (AvgIpc) is 3.00. The molecule has 0 N–H and O–H groups in total. The third-order valence-corrected chi connectivity index (χ3v) is 6.57. The summed E-state index contributed by atoms with van der Waals surface area (Å²) in [6.45, 7) is 24.1. The molecule has 0 saturated heterocycles. The monoisotopic (exact) mass is 522 g/mol. The van der Waals surface area contributed by atoms with Crippen molar-refractivity contribution in [3.05, 3.63) is 91.5 Å². The van der Waals surface area contributed by atoms with Crippen LogP contribution in [-0.4, -0.2) is 0 Å². The van der Waals surface area contributed by atoms with Crippen molar-refractivity contribution in [1.82, 2.24) is 0 Å². The van der Waals surface area contributed by atoms with Gasteiger partial charge < -0.3 is 0 Å². The molecule has 3 rings (SSSR count). The van der Waals surface area contributed by atoms with E-state index in [9.17, 15) is 0 Å². The van der Waals surface area contributed by atoms with Gasteiger partial charge in [0.1, 0.15) is 0 Å². The van der Waals surface area contributed by atoms with E-state index < -0.39 is 20.8 Å². The molecule has 0 fully saturated rings. The number of halogens is 2. The number of benzene rings is 1. The van der Waals surface area contributed by atoms with Crippen molar-refractivity contribution in [3.8, 4) is 0 Å². The van der Waals surface area contributed by atoms with Gasteiger partial charge >= 0.3 is 37.9 Å². The van der Waals surface area contributed by atoms with Crippen LogP contribution in [0.5, 0.6) is 0 Å². The number of hydrogen-bond acceptors (Lipinski definition) is 0. The van der Waals surface area contributed by atoms with Gasteiger partial charge in [-0.1, -0.05) is 105 Å². The Morgan fingerprint density at radius 1 is 0.533 bits per heavy atom. The molecule has 0 unspecified atom stereocenters. The molecule has 0 amide bonds. The second kappa shape index (κ2) is 14.4. The summed E-state index contributed by atoms with van der Waals surface area (Å²) in [5.74, 6) is 0. The summed E-state index contributed by atoms with van der Waals surface area (Å²) in [4.78, 5) is 0. The van der Waals surface area contributed by atoms with E-state index in [4.69, 9.17) is 17.0 Å². The van der Waals surface area contributed by atoms with Crippen LogP contribution in [0.1, 0.15) is 61.2 Å². The van der Waals surface area contributed by atoms with Crippen molar-refractivity contribution >= 4 is 17.0 Å². The van der Waals surface area contributed by atoms with E-state index in [1.807, 2.05) is 18.2 Å². The SMILES string of the molecule is Cc1c(C)c(C)[c-](C)c1C.Cc1c(C)c(C)[c-](C)c1C.Cc1ccccc1.[Cl][Zr+2][Cl]. The maximum absolute atomic E-state index is 4.93. The number of rotatable bonds is 0. The van der Waals surface area contributed by atoms with Crippen LogP contribution in [0.4, 0.5) is 0 Å². The van der Waals surface area contributed by atoms with Crippen LogP contribution in [0.3, 0.4) is 0 Å². The molecule has 0 spiro atoms. The molecule has 0 bridgehead atoms. The van der Waals surface area contributed by atoms with E-state index in [0.717, 1.165) is 0 Å². The molecule has 30 heavy (non-hydrogen) atoms. The average molecular weight is 525 g/mol. The first-order valence-corrected chi connectivity index (χ1v) is 16.6. The molecule has 3 aromatic carbocycles. The molecule has 0 saturated carbocycles. The summed E-state index contributed by atoms with van der Waals surface area (Å²) < 4.78 is 0. The van der Waals surface area contributed by atoms with E-state index in [1.165, 1.54) is 61.2 Å². The molecular weight excluding hydrogens is 486 g/mol. The Morgan fingerprint density at radius 2 is 0.767 bits per heavy atom. The minimum absolute atomic E-state index is 0.826. The molecule has 0 atom stereocenters. The van der Waals surface area contributed by atoms with Gasteiger partial charge in [0, 0.05) is 0 Å². The van der Waals surface area contributed by atoms with Crippen molar-refractivity contribution in [3.63, 3.8) is 0 Å². The Labute approximate surface area is 204 Å². The van der Waals surface area contributed by atoms with Crippen LogP contribution in [0.15, 0.2) is 30.3 Å². The zero-order chi connectivity index (χ0) is 23.6. The topological polar surface area (TPSA) is 0 Å². The molecule has 0 aliphatic carbocycles. The molecular formula is C27H38Cl2Zr. The molecule has 3 aromatic rings. The van der Waals surface area contributed by atoms with Crippen LogP contribution < -0.4 is 0 Å². The Morgan fingerprint density at radius 3 is 0.867 bits per heavy atom. The number of hydrogen-bond donors (Lipinski definition) is 0. The second-order valence-electron chi connectivity index (χ2n) is 7.98. The van der Waals surface area contributed by atoms with Crippen LogP contribution >= 0.6 is 17.0 Å². The normalized spacial score (nSPS) is 9.37. The zero-order valence-corrected chi connectivity index (χ0v) is 24.6. The molecule has 0 aliphatic rings. The predicted molar refractivity (Wildman–Crippen MR) is 134 cm³/mol. The molecule has 0 aliphatic heterocycles. The van der Waals surface area contributed by atoms with Gasteiger partial charge in [-0.15, -0.1) is 0 Å². The summed E-state index contributed by atoms with van der Waals surface area (Å²) >= 11 is -0.826. The quantitative estimate of drug-likeness (QED) is 0.257. The van der Waals surface area contributed by atoms with E-state index in [1.54, 1.807) is 0 Å². The van der Waals surface area contributed by atoms with Crippen molar-refractivity contribution in [2.45, 2.75) is 76.2 Å². The first-order valence-electron chi connectivity index (χ1n) is 10.3. The molecule has 3 heteroatoms. The Hall–Kier alpha value is -0.617. The summed E-state index contributed by atoms with van der Waals surface area (Å²) in [6, 6.07) is 10.3. The van der Waals surface area contributed by atoms with E-state index in [0.29, 0.717) is 0 Å². The minimum atomic E-state index is -0.826. The Bertz CT molecular complexity index is 682. The third kappa shape index (κ3) is 8.49. The fourth-order valence-corrected chi connectivity index (χ4v) is 3.35. The fraction of sp³-hybridized carbons (Fsp3) is 0.407. The van der Waals surface area contributed by atoms with Crippen molar-refractivity contribution in [2.24, 2.45) is 0 Å². The van der Waals surface area contributed by atoms with Gasteiger partial charge in [-0.3, -0.25) is 0 Å². The third-order valence-electron chi connectivity index (χ3n) is 6.57. The fourth-order valence-electron chi connectivity index (χ4n) is 3.35. The molecule has 164 valence electrons. The Balaban J connectivity index is 0.000000400. The molecule has 0 heterocycles. The molecule has 0 radical (unpaired) electrons. The van der Waals surface area contributed by atoms with E-state index >= 15 is 0 Å². The van der Waals surface area contributed by atoms with Gasteiger partial charge in [0.2, 0.25) is 0 Å². The van der Waals surface area contributed by atoms with Crippen molar-refractivity contribution in [1.29, 1.82) is 0 Å². The van der Waals surface area contributed by atoms with Crippen LogP contribution in [-0.2, 0) is 20.8 Å². The maximum atomic E-state index is 4.93. The summed E-state index contributed by atoms with van der Waals surface area (Å²) in [5.41, 5.74) is 16.0. The Kier molecular flexibility index (Phi) is 14.1. The van der Waals surface area contributed by atoms with Gasteiger partial charge in [-0.2, -0.15) is 55.6 Å². The zero-order valence-electron chi connectivity index (χ0n) is 20.6. The summed E-state index contributed by atoms with van der Waals surface area (Å²) in [6.07, 6.45) is 0. The van der Waals surface area contributed by atoms with Gasteiger partial charge in [-0.05, 0) is 6.92 Å². The van der Waals surface area contributed by atoms with Gasteiger partial charge in [0.05, 0.1) is 0 Å². The van der Waals surface area contributed by atoms with Crippen molar-refractivity contribution in [2.75, 3.05) is 0 Å². The van der Waals surface area contributed by atoms with Crippen molar-refractivity contribution < 1.29 is 20.8 Å². The van der Waals surface area contributed by atoms with Gasteiger partial charge in [-0.25, -0.2) is 0 Å². The summed E-state index contributed by atoms with van der Waals surface area (Å²) in [5, 5.41) is 0. The first kappa shape index (κ1) is 29.4. The van der Waals surface area contributed by atoms with E-state index in [2.05, 4.69) is 88.3 Å².